The number of hydrogen-bond acceptors (Lipinski definition) is 5. The average molecular weight is 365 g/mol. The molecule has 3 aromatic rings. The number of hydrogen-bond donors (Lipinski definition) is 0. The van der Waals surface area contributed by atoms with Gasteiger partial charge in [-0.05, 0) is 56.8 Å². The Kier molecular flexibility index (Phi) is 4.21. The number of piperidine rings is 1. The molecular formula is C21H24N4S. The third kappa shape index (κ3) is 2.93. The van der Waals surface area contributed by atoms with Crippen molar-refractivity contribution in [3.8, 4) is 11.1 Å². The van der Waals surface area contributed by atoms with Gasteiger partial charge in [0.05, 0.1) is 15.2 Å². The van der Waals surface area contributed by atoms with E-state index in [1.165, 1.54) is 53.9 Å². The summed E-state index contributed by atoms with van der Waals surface area (Å²) in [6.45, 7) is 3.69. The van der Waals surface area contributed by atoms with Crippen molar-refractivity contribution in [1.29, 1.82) is 0 Å². The number of likely N-dealkylation sites (tertiary alicyclic amines) is 1. The molecule has 1 atom stereocenters. The molecule has 3 heterocycles. The zero-order valence-electron chi connectivity index (χ0n) is 15.1. The van der Waals surface area contributed by atoms with E-state index in [0.29, 0.717) is 5.92 Å². The first-order chi connectivity index (χ1) is 12.8. The maximum absolute atomic E-state index is 4.94. The van der Waals surface area contributed by atoms with Gasteiger partial charge in [-0.15, -0.1) is 11.3 Å². The van der Waals surface area contributed by atoms with Gasteiger partial charge in [-0.25, -0.2) is 15.0 Å². The van der Waals surface area contributed by atoms with Gasteiger partial charge in [-0.1, -0.05) is 12.5 Å². The molecule has 5 rings (SSSR count). The molecule has 1 saturated heterocycles. The van der Waals surface area contributed by atoms with Crippen molar-refractivity contribution in [1.82, 2.24) is 19.9 Å². The van der Waals surface area contributed by atoms with E-state index in [9.17, 15) is 0 Å². The quantitative estimate of drug-likeness (QED) is 0.665. The first-order valence-corrected chi connectivity index (χ1v) is 10.5. The number of nitrogens with zero attached hydrogens (tertiary/aromatic N) is 4. The first-order valence-electron chi connectivity index (χ1n) is 9.69. The molecule has 1 aliphatic carbocycles. The van der Waals surface area contributed by atoms with E-state index in [4.69, 9.17) is 4.98 Å². The highest BCUT2D eigenvalue weighted by molar-refractivity contribution is 7.18. The Morgan fingerprint density at radius 3 is 2.73 bits per heavy atom. The molecule has 0 unspecified atom stereocenters. The zero-order valence-corrected chi connectivity index (χ0v) is 16.0. The first kappa shape index (κ1) is 16.3. The molecule has 1 saturated carbocycles. The molecule has 0 amide bonds. The lowest BCUT2D eigenvalue weighted by Crippen LogP contribution is -2.50. The largest absolute Gasteiger partial charge is 0.298 e. The van der Waals surface area contributed by atoms with Crippen LogP contribution in [0.25, 0.3) is 21.3 Å². The normalized spacial score (nSPS) is 26.7. The Labute approximate surface area is 158 Å². The van der Waals surface area contributed by atoms with E-state index in [0.717, 1.165) is 23.2 Å². The van der Waals surface area contributed by atoms with Crippen molar-refractivity contribution >= 4 is 21.6 Å². The van der Waals surface area contributed by atoms with Crippen LogP contribution < -0.4 is 0 Å². The second-order valence-electron chi connectivity index (χ2n) is 7.77. The Hall–Kier alpha value is -1.85. The summed E-state index contributed by atoms with van der Waals surface area (Å²) in [4.78, 5) is 15.9. The molecule has 0 radical (unpaired) electrons. The minimum Gasteiger partial charge on any atom is -0.298 e. The number of rotatable bonds is 3. The van der Waals surface area contributed by atoms with Crippen LogP contribution >= 0.6 is 11.3 Å². The van der Waals surface area contributed by atoms with Crippen LogP contribution in [0.15, 0.2) is 36.9 Å². The zero-order chi connectivity index (χ0) is 17.5. The van der Waals surface area contributed by atoms with Crippen LogP contribution in [0.2, 0.25) is 0 Å². The summed E-state index contributed by atoms with van der Waals surface area (Å²) in [5.41, 5.74) is 3.36. The van der Waals surface area contributed by atoms with Gasteiger partial charge >= 0.3 is 0 Å². The predicted octanol–water partition coefficient (Wildman–Crippen LogP) is 4.87. The number of thiazole rings is 1. The van der Waals surface area contributed by atoms with E-state index in [1.807, 2.05) is 23.7 Å². The second-order valence-corrected chi connectivity index (χ2v) is 8.83. The highest BCUT2D eigenvalue weighted by Gasteiger charge is 2.38. The standard InChI is InChI=1S/C21H24N4S/c1-14-4-2-3-7-25(14)18-8-16(9-18)21-24-19-6-5-15(10-20(19)26-21)17-11-22-13-23-12-17/h5-6,10-14,16,18H,2-4,7-9H2,1H3/t14-,16-,18+/m1/s1. The molecule has 1 aliphatic heterocycles. The third-order valence-corrected chi connectivity index (χ3v) is 7.27. The summed E-state index contributed by atoms with van der Waals surface area (Å²) in [5.74, 6) is 0.648. The minimum absolute atomic E-state index is 0.648. The van der Waals surface area contributed by atoms with E-state index in [-0.39, 0.29) is 0 Å². The van der Waals surface area contributed by atoms with Gasteiger partial charge in [0, 0.05) is 36.0 Å². The van der Waals surface area contributed by atoms with Crippen molar-refractivity contribution < 1.29 is 0 Å². The van der Waals surface area contributed by atoms with Gasteiger partial charge in [-0.2, -0.15) is 0 Å². The van der Waals surface area contributed by atoms with Gasteiger partial charge in [0.1, 0.15) is 6.33 Å². The fourth-order valence-corrected chi connectivity index (χ4v) is 5.60. The lowest BCUT2D eigenvalue weighted by atomic mass is 9.78. The highest BCUT2D eigenvalue weighted by atomic mass is 32.1. The summed E-state index contributed by atoms with van der Waals surface area (Å²) in [7, 11) is 0. The van der Waals surface area contributed by atoms with Crippen LogP contribution in [-0.2, 0) is 0 Å². The maximum atomic E-state index is 4.94. The van der Waals surface area contributed by atoms with Crippen molar-refractivity contribution in [3.63, 3.8) is 0 Å². The van der Waals surface area contributed by atoms with Gasteiger partial charge in [0.15, 0.2) is 0 Å². The smallest absolute Gasteiger partial charge is 0.115 e. The summed E-state index contributed by atoms with van der Waals surface area (Å²) in [6, 6.07) is 8.04. The van der Waals surface area contributed by atoms with E-state index in [2.05, 4.69) is 40.0 Å². The molecule has 26 heavy (non-hydrogen) atoms. The van der Waals surface area contributed by atoms with Crippen LogP contribution in [0, 0.1) is 0 Å². The van der Waals surface area contributed by atoms with E-state index < -0.39 is 0 Å². The Balaban J connectivity index is 1.33. The molecule has 2 fully saturated rings. The lowest BCUT2D eigenvalue weighted by molar-refractivity contribution is 0.0480. The Bertz CT molecular complexity index is 901. The van der Waals surface area contributed by atoms with E-state index >= 15 is 0 Å². The fourth-order valence-electron chi connectivity index (χ4n) is 4.47. The van der Waals surface area contributed by atoms with Gasteiger partial charge in [-0.3, -0.25) is 4.90 Å². The van der Waals surface area contributed by atoms with E-state index in [1.54, 1.807) is 6.33 Å². The van der Waals surface area contributed by atoms with Crippen molar-refractivity contribution in [2.45, 2.75) is 57.0 Å². The van der Waals surface area contributed by atoms with Crippen molar-refractivity contribution in [2.75, 3.05) is 6.54 Å². The summed E-state index contributed by atoms with van der Waals surface area (Å²) < 4.78 is 1.27. The monoisotopic (exact) mass is 364 g/mol. The molecule has 4 nitrogen and oxygen atoms in total. The molecule has 2 aromatic heterocycles. The molecule has 5 heteroatoms. The highest BCUT2D eigenvalue weighted by Crippen LogP contribution is 2.44. The Morgan fingerprint density at radius 1 is 1.08 bits per heavy atom. The minimum atomic E-state index is 0.648. The van der Waals surface area contributed by atoms with Gasteiger partial charge in [0.25, 0.3) is 0 Å². The SMILES string of the molecule is C[C@@H]1CCCCN1[C@H]1C[C@@H](c2nc3ccc(-c4cncnc4)cc3s2)C1. The molecule has 0 N–H and O–H groups in total. The molecule has 134 valence electrons. The summed E-state index contributed by atoms with van der Waals surface area (Å²) in [6.07, 6.45) is 12.0. The predicted molar refractivity (Wildman–Crippen MR) is 106 cm³/mol. The van der Waals surface area contributed by atoms with Crippen LogP contribution in [0.3, 0.4) is 0 Å². The average Bonchev–Trinajstić information content (AvgIpc) is 3.05. The molecule has 0 bridgehead atoms. The van der Waals surface area contributed by atoms with Gasteiger partial charge in [0.2, 0.25) is 0 Å². The lowest BCUT2D eigenvalue weighted by Gasteiger charge is -2.47. The topological polar surface area (TPSA) is 41.9 Å². The van der Waals surface area contributed by atoms with Crippen molar-refractivity contribution in [3.05, 3.63) is 41.9 Å². The second kappa shape index (κ2) is 6.71. The number of benzene rings is 1. The maximum Gasteiger partial charge on any atom is 0.115 e. The van der Waals surface area contributed by atoms with Gasteiger partial charge < -0.3 is 0 Å². The van der Waals surface area contributed by atoms with Crippen molar-refractivity contribution in [2.24, 2.45) is 0 Å². The van der Waals surface area contributed by atoms with Crippen LogP contribution in [0.4, 0.5) is 0 Å². The van der Waals surface area contributed by atoms with Crippen LogP contribution in [-0.4, -0.2) is 38.5 Å². The fraction of sp³-hybridized carbons (Fsp3) is 0.476. The summed E-state index contributed by atoms with van der Waals surface area (Å²) >= 11 is 1.87. The van der Waals surface area contributed by atoms with Crippen LogP contribution in [0.1, 0.15) is 50.0 Å². The third-order valence-electron chi connectivity index (χ3n) is 6.08. The molecular weight excluding hydrogens is 340 g/mol. The Morgan fingerprint density at radius 2 is 1.92 bits per heavy atom. The van der Waals surface area contributed by atoms with Crippen LogP contribution in [0.5, 0.6) is 0 Å². The number of fused-ring (bicyclic) bond motifs is 1. The number of aromatic nitrogens is 3. The molecule has 2 aliphatic rings. The molecule has 0 spiro atoms. The molecule has 1 aromatic carbocycles. The summed E-state index contributed by atoms with van der Waals surface area (Å²) in [5, 5.41) is 1.32.